The summed E-state index contributed by atoms with van der Waals surface area (Å²) in [6, 6.07) is 18.4. The molecule has 0 fully saturated rings. The molecule has 4 rings (SSSR count). The van der Waals surface area contributed by atoms with Crippen molar-refractivity contribution in [2.24, 2.45) is 0 Å². The molecular weight excluding hydrogens is 456 g/mol. The van der Waals surface area contributed by atoms with E-state index in [1.54, 1.807) is 55.5 Å². The van der Waals surface area contributed by atoms with Crippen molar-refractivity contribution in [3.8, 4) is 28.9 Å². The fourth-order valence-electron chi connectivity index (χ4n) is 3.15. The Balaban J connectivity index is 1.46. The molecule has 0 saturated carbocycles. The van der Waals surface area contributed by atoms with E-state index < -0.39 is 10.0 Å². The summed E-state index contributed by atoms with van der Waals surface area (Å²) in [4.78, 5) is 0.0242. The summed E-state index contributed by atoms with van der Waals surface area (Å²) in [5.41, 5.74) is 0.373. The van der Waals surface area contributed by atoms with Gasteiger partial charge in [0.25, 0.3) is 10.0 Å². The van der Waals surface area contributed by atoms with Crippen molar-refractivity contribution in [3.05, 3.63) is 79.1 Å². The lowest BCUT2D eigenvalue weighted by molar-refractivity contribution is 0.317. The molecule has 0 radical (unpaired) electrons. The van der Waals surface area contributed by atoms with Gasteiger partial charge in [-0.1, -0.05) is 0 Å². The molecule has 1 N–H and O–H groups in total. The second-order valence-corrected chi connectivity index (χ2v) is 8.68. The highest BCUT2D eigenvalue weighted by atomic mass is 32.2. The van der Waals surface area contributed by atoms with Gasteiger partial charge in [-0.3, -0.25) is 4.72 Å². The third-order valence-corrected chi connectivity index (χ3v) is 6.06. The normalized spacial score (nSPS) is 11.1. The minimum Gasteiger partial charge on any atom is -0.494 e. The first-order valence-corrected chi connectivity index (χ1v) is 12.1. The summed E-state index contributed by atoms with van der Waals surface area (Å²) >= 11 is 0. The minimum atomic E-state index is -3.89. The van der Waals surface area contributed by atoms with Gasteiger partial charge in [0.15, 0.2) is 5.82 Å². The quantitative estimate of drug-likeness (QED) is 0.352. The number of anilines is 1. The standard InChI is InChI=1S/C24H24N4O5S/c1-3-31-20-11-12-22(21(17-20)32-4-2)34(29,30)27-18-7-9-19(10-8-18)33-24-14-13-23(25-26-24)28-15-5-6-16-28/h5-17,27H,3-4H2,1-2H3. The molecule has 0 amide bonds. The molecule has 2 aromatic carbocycles. The van der Waals surface area contributed by atoms with Gasteiger partial charge in [0.2, 0.25) is 5.88 Å². The molecule has 4 aromatic rings. The van der Waals surface area contributed by atoms with Crippen molar-refractivity contribution in [2.45, 2.75) is 18.7 Å². The van der Waals surface area contributed by atoms with E-state index in [9.17, 15) is 8.42 Å². The molecule has 34 heavy (non-hydrogen) atoms. The zero-order valence-corrected chi connectivity index (χ0v) is 19.5. The van der Waals surface area contributed by atoms with Gasteiger partial charge in [0.05, 0.1) is 13.2 Å². The van der Waals surface area contributed by atoms with E-state index in [0.717, 1.165) is 0 Å². The summed E-state index contributed by atoms with van der Waals surface area (Å²) in [5.74, 6) is 2.24. The van der Waals surface area contributed by atoms with Crippen molar-refractivity contribution in [3.63, 3.8) is 0 Å². The van der Waals surface area contributed by atoms with Gasteiger partial charge in [-0.25, -0.2) is 8.42 Å². The van der Waals surface area contributed by atoms with Gasteiger partial charge >= 0.3 is 0 Å². The third-order valence-electron chi connectivity index (χ3n) is 4.64. The number of nitrogens with zero attached hydrogens (tertiary/aromatic N) is 3. The Morgan fingerprint density at radius 3 is 2.21 bits per heavy atom. The van der Waals surface area contributed by atoms with Crippen LogP contribution >= 0.6 is 0 Å². The Kier molecular flexibility index (Phi) is 6.98. The highest BCUT2D eigenvalue weighted by Crippen LogP contribution is 2.31. The van der Waals surface area contributed by atoms with Crippen LogP contribution in [0.2, 0.25) is 0 Å². The predicted octanol–water partition coefficient (Wildman–Crippen LogP) is 4.66. The van der Waals surface area contributed by atoms with Crippen LogP contribution in [-0.4, -0.2) is 36.4 Å². The number of sulfonamides is 1. The molecule has 0 unspecified atom stereocenters. The number of ether oxygens (including phenoxy) is 3. The maximum Gasteiger partial charge on any atom is 0.265 e. The smallest absolute Gasteiger partial charge is 0.265 e. The molecule has 0 bridgehead atoms. The lowest BCUT2D eigenvalue weighted by Crippen LogP contribution is -2.14. The number of benzene rings is 2. The zero-order chi connectivity index (χ0) is 24.0. The fraction of sp³-hybridized carbons (Fsp3) is 0.167. The molecular formula is C24H24N4O5S. The van der Waals surface area contributed by atoms with Gasteiger partial charge in [-0.05, 0) is 68.4 Å². The Morgan fingerprint density at radius 2 is 1.56 bits per heavy atom. The van der Waals surface area contributed by atoms with E-state index in [2.05, 4.69) is 14.9 Å². The topological polar surface area (TPSA) is 105 Å². The van der Waals surface area contributed by atoms with E-state index in [-0.39, 0.29) is 10.6 Å². The van der Waals surface area contributed by atoms with Crippen LogP contribution < -0.4 is 18.9 Å². The van der Waals surface area contributed by atoms with Crippen LogP contribution in [0.5, 0.6) is 23.1 Å². The number of aromatic nitrogens is 3. The molecule has 0 atom stereocenters. The molecule has 2 aromatic heterocycles. The van der Waals surface area contributed by atoms with Gasteiger partial charge in [0, 0.05) is 30.2 Å². The summed E-state index contributed by atoms with van der Waals surface area (Å²) in [7, 11) is -3.89. The van der Waals surface area contributed by atoms with Gasteiger partial charge in [-0.15, -0.1) is 10.2 Å². The largest absolute Gasteiger partial charge is 0.494 e. The lowest BCUT2D eigenvalue weighted by atomic mass is 10.3. The monoisotopic (exact) mass is 480 g/mol. The summed E-state index contributed by atoms with van der Waals surface area (Å²) in [6.45, 7) is 4.42. The second kappa shape index (κ2) is 10.3. The first-order valence-electron chi connectivity index (χ1n) is 10.7. The average Bonchev–Trinajstić information content (AvgIpc) is 3.36. The third kappa shape index (κ3) is 5.46. The van der Waals surface area contributed by atoms with Crippen LogP contribution in [0.1, 0.15) is 13.8 Å². The number of rotatable bonds is 10. The van der Waals surface area contributed by atoms with Gasteiger partial charge < -0.3 is 18.8 Å². The van der Waals surface area contributed by atoms with Crippen LogP contribution in [0.15, 0.2) is 84.0 Å². The van der Waals surface area contributed by atoms with Crippen LogP contribution in [0.4, 0.5) is 5.69 Å². The minimum absolute atomic E-state index is 0.0242. The Morgan fingerprint density at radius 1 is 0.853 bits per heavy atom. The fourth-order valence-corrected chi connectivity index (χ4v) is 4.34. The first kappa shape index (κ1) is 23.1. The SMILES string of the molecule is CCOc1ccc(S(=O)(=O)Nc2ccc(Oc3ccc(-n4cccc4)nn3)cc2)c(OCC)c1. The van der Waals surface area contributed by atoms with Crippen molar-refractivity contribution < 1.29 is 22.6 Å². The average molecular weight is 481 g/mol. The van der Waals surface area contributed by atoms with E-state index in [1.165, 1.54) is 6.07 Å². The van der Waals surface area contributed by atoms with Gasteiger partial charge in [0.1, 0.15) is 22.1 Å². The molecule has 176 valence electrons. The van der Waals surface area contributed by atoms with Gasteiger partial charge in [-0.2, -0.15) is 0 Å². The molecule has 0 aliphatic heterocycles. The Labute approximate surface area is 198 Å². The van der Waals surface area contributed by atoms with E-state index in [4.69, 9.17) is 14.2 Å². The number of hydrogen-bond acceptors (Lipinski definition) is 7. The van der Waals surface area contributed by atoms with Crippen LogP contribution in [0, 0.1) is 0 Å². The summed E-state index contributed by atoms with van der Waals surface area (Å²) in [6.07, 6.45) is 3.74. The first-order chi connectivity index (χ1) is 16.5. The molecule has 0 aliphatic rings. The molecule has 9 nitrogen and oxygen atoms in total. The zero-order valence-electron chi connectivity index (χ0n) is 18.7. The van der Waals surface area contributed by atoms with E-state index in [0.29, 0.717) is 42.1 Å². The Bertz CT molecular complexity index is 1320. The van der Waals surface area contributed by atoms with Crippen molar-refractivity contribution in [2.75, 3.05) is 17.9 Å². The predicted molar refractivity (Wildman–Crippen MR) is 127 cm³/mol. The molecule has 0 spiro atoms. The van der Waals surface area contributed by atoms with E-state index in [1.807, 2.05) is 36.0 Å². The molecule has 2 heterocycles. The van der Waals surface area contributed by atoms with Crippen molar-refractivity contribution in [1.82, 2.24) is 14.8 Å². The van der Waals surface area contributed by atoms with Crippen LogP contribution in [0.25, 0.3) is 5.82 Å². The maximum absolute atomic E-state index is 13.0. The molecule has 0 saturated heterocycles. The maximum atomic E-state index is 13.0. The van der Waals surface area contributed by atoms with E-state index >= 15 is 0 Å². The second-order valence-electron chi connectivity index (χ2n) is 7.03. The number of hydrogen-bond donors (Lipinski definition) is 1. The number of nitrogens with one attached hydrogen (secondary N) is 1. The van der Waals surface area contributed by atoms with Crippen LogP contribution in [0.3, 0.4) is 0 Å². The molecule has 10 heteroatoms. The Hall–Kier alpha value is -4.05. The summed E-state index contributed by atoms with van der Waals surface area (Å²) < 4.78 is 47.1. The highest BCUT2D eigenvalue weighted by Gasteiger charge is 2.21. The lowest BCUT2D eigenvalue weighted by Gasteiger charge is -2.14. The van der Waals surface area contributed by atoms with Crippen molar-refractivity contribution in [1.29, 1.82) is 0 Å². The summed E-state index contributed by atoms with van der Waals surface area (Å²) in [5, 5.41) is 8.20. The highest BCUT2D eigenvalue weighted by molar-refractivity contribution is 7.92. The van der Waals surface area contributed by atoms with Crippen molar-refractivity contribution >= 4 is 15.7 Å². The van der Waals surface area contributed by atoms with Crippen LogP contribution in [-0.2, 0) is 10.0 Å². The molecule has 0 aliphatic carbocycles.